The standard InChI is InChI=1S/C9H19NO2/c1-4-5-6-7-9(12)10(3)8(2)11/h8,11H,4-7H2,1-3H3. The minimum Gasteiger partial charge on any atom is -0.374 e. The minimum absolute atomic E-state index is 0.0263. The van der Waals surface area contributed by atoms with E-state index in [0.717, 1.165) is 19.3 Å². The van der Waals surface area contributed by atoms with E-state index in [1.54, 1.807) is 14.0 Å². The Kier molecular flexibility index (Phi) is 5.72. The quantitative estimate of drug-likeness (QED) is 0.504. The molecule has 0 aromatic rings. The van der Waals surface area contributed by atoms with Crippen molar-refractivity contribution in [2.75, 3.05) is 7.05 Å². The molecule has 0 aromatic carbocycles. The minimum atomic E-state index is -0.667. The molecule has 0 aromatic heterocycles. The van der Waals surface area contributed by atoms with E-state index in [4.69, 9.17) is 5.11 Å². The van der Waals surface area contributed by atoms with E-state index in [-0.39, 0.29) is 5.91 Å². The predicted molar refractivity (Wildman–Crippen MR) is 48.6 cm³/mol. The number of hydrogen-bond acceptors (Lipinski definition) is 2. The highest BCUT2D eigenvalue weighted by Gasteiger charge is 2.11. The smallest absolute Gasteiger partial charge is 0.224 e. The zero-order valence-electron chi connectivity index (χ0n) is 8.21. The third kappa shape index (κ3) is 4.34. The molecule has 3 heteroatoms. The average Bonchev–Trinajstić information content (AvgIpc) is 2.03. The lowest BCUT2D eigenvalue weighted by Gasteiger charge is -2.19. The Morgan fingerprint density at radius 3 is 2.50 bits per heavy atom. The Morgan fingerprint density at radius 2 is 2.08 bits per heavy atom. The molecule has 1 unspecified atom stereocenters. The first kappa shape index (κ1) is 11.4. The van der Waals surface area contributed by atoms with Gasteiger partial charge in [0.25, 0.3) is 0 Å². The Bertz CT molecular complexity index is 134. The van der Waals surface area contributed by atoms with Crippen molar-refractivity contribution < 1.29 is 9.90 Å². The van der Waals surface area contributed by atoms with Crippen molar-refractivity contribution in [3.63, 3.8) is 0 Å². The molecule has 0 aliphatic carbocycles. The zero-order chi connectivity index (χ0) is 9.56. The molecule has 0 aliphatic rings. The predicted octanol–water partition coefficient (Wildman–Crippen LogP) is 1.36. The number of aliphatic hydroxyl groups is 1. The molecule has 1 amide bonds. The number of hydrogen-bond donors (Lipinski definition) is 1. The summed E-state index contributed by atoms with van der Waals surface area (Å²) >= 11 is 0. The van der Waals surface area contributed by atoms with Crippen LogP contribution in [0.3, 0.4) is 0 Å². The number of unbranched alkanes of at least 4 members (excludes halogenated alkanes) is 2. The third-order valence-corrected chi connectivity index (χ3v) is 1.95. The molecule has 72 valence electrons. The largest absolute Gasteiger partial charge is 0.374 e. The fraction of sp³-hybridized carbons (Fsp3) is 0.889. The van der Waals surface area contributed by atoms with Crippen LogP contribution in [-0.2, 0) is 4.79 Å². The highest BCUT2D eigenvalue weighted by molar-refractivity contribution is 5.75. The summed E-state index contributed by atoms with van der Waals surface area (Å²) in [4.78, 5) is 12.6. The van der Waals surface area contributed by atoms with Gasteiger partial charge in [-0.05, 0) is 13.3 Å². The molecule has 0 saturated carbocycles. The summed E-state index contributed by atoms with van der Waals surface area (Å²) in [7, 11) is 1.62. The van der Waals surface area contributed by atoms with Gasteiger partial charge in [0.2, 0.25) is 5.91 Å². The molecule has 0 aliphatic heterocycles. The van der Waals surface area contributed by atoms with Crippen molar-refractivity contribution in [1.29, 1.82) is 0 Å². The van der Waals surface area contributed by atoms with E-state index in [9.17, 15) is 4.79 Å². The van der Waals surface area contributed by atoms with E-state index in [1.165, 1.54) is 4.90 Å². The van der Waals surface area contributed by atoms with Crippen molar-refractivity contribution in [1.82, 2.24) is 4.90 Å². The van der Waals surface area contributed by atoms with E-state index >= 15 is 0 Å². The lowest BCUT2D eigenvalue weighted by molar-refractivity contribution is -0.137. The van der Waals surface area contributed by atoms with Crippen molar-refractivity contribution in [3.05, 3.63) is 0 Å². The molecule has 0 spiro atoms. The Hall–Kier alpha value is -0.570. The van der Waals surface area contributed by atoms with Gasteiger partial charge < -0.3 is 10.0 Å². The maximum atomic E-state index is 11.2. The molecular formula is C9H19NO2. The van der Waals surface area contributed by atoms with Crippen LogP contribution < -0.4 is 0 Å². The average molecular weight is 173 g/mol. The van der Waals surface area contributed by atoms with Gasteiger partial charge in [-0.15, -0.1) is 0 Å². The summed E-state index contributed by atoms with van der Waals surface area (Å²) in [6, 6.07) is 0. The first-order valence-corrected chi connectivity index (χ1v) is 4.53. The summed E-state index contributed by atoms with van der Waals surface area (Å²) in [5.74, 6) is 0.0263. The Balaban J connectivity index is 3.57. The van der Waals surface area contributed by atoms with E-state index in [0.29, 0.717) is 6.42 Å². The van der Waals surface area contributed by atoms with Crippen LogP contribution in [-0.4, -0.2) is 29.2 Å². The molecule has 0 saturated heterocycles. The van der Waals surface area contributed by atoms with Gasteiger partial charge in [0, 0.05) is 13.5 Å². The second kappa shape index (κ2) is 6.00. The maximum absolute atomic E-state index is 11.2. The summed E-state index contributed by atoms with van der Waals surface area (Å²) in [6.45, 7) is 3.70. The number of nitrogens with zero attached hydrogens (tertiary/aromatic N) is 1. The van der Waals surface area contributed by atoms with E-state index < -0.39 is 6.23 Å². The molecule has 0 rings (SSSR count). The van der Waals surface area contributed by atoms with Crippen LogP contribution in [0.2, 0.25) is 0 Å². The van der Waals surface area contributed by atoms with Crippen LogP contribution in [0, 0.1) is 0 Å². The van der Waals surface area contributed by atoms with Gasteiger partial charge in [0.05, 0.1) is 0 Å². The lowest BCUT2D eigenvalue weighted by Crippen LogP contribution is -2.34. The fourth-order valence-electron chi connectivity index (χ4n) is 0.911. The number of amides is 1. The van der Waals surface area contributed by atoms with Crippen LogP contribution in [0.25, 0.3) is 0 Å². The third-order valence-electron chi connectivity index (χ3n) is 1.95. The molecule has 0 heterocycles. The normalized spacial score (nSPS) is 12.7. The van der Waals surface area contributed by atoms with Crippen molar-refractivity contribution in [2.24, 2.45) is 0 Å². The molecule has 0 bridgehead atoms. The second-order valence-corrected chi connectivity index (χ2v) is 3.09. The highest BCUT2D eigenvalue weighted by Crippen LogP contribution is 2.03. The van der Waals surface area contributed by atoms with Crippen molar-refractivity contribution in [2.45, 2.75) is 45.8 Å². The monoisotopic (exact) mass is 173 g/mol. The van der Waals surface area contributed by atoms with Gasteiger partial charge in [0.15, 0.2) is 0 Å². The Labute approximate surface area is 74.4 Å². The molecule has 3 nitrogen and oxygen atoms in total. The maximum Gasteiger partial charge on any atom is 0.224 e. The second-order valence-electron chi connectivity index (χ2n) is 3.09. The van der Waals surface area contributed by atoms with Crippen molar-refractivity contribution in [3.8, 4) is 0 Å². The number of aliphatic hydroxyl groups excluding tert-OH is 1. The van der Waals surface area contributed by atoms with E-state index in [2.05, 4.69) is 6.92 Å². The first-order chi connectivity index (χ1) is 5.59. The van der Waals surface area contributed by atoms with Gasteiger partial charge in [-0.2, -0.15) is 0 Å². The van der Waals surface area contributed by atoms with Gasteiger partial charge in [-0.3, -0.25) is 4.79 Å². The Morgan fingerprint density at radius 1 is 1.50 bits per heavy atom. The molecule has 0 fully saturated rings. The summed E-state index contributed by atoms with van der Waals surface area (Å²) in [5, 5.41) is 9.05. The van der Waals surface area contributed by atoms with Crippen LogP contribution in [0.1, 0.15) is 39.5 Å². The van der Waals surface area contributed by atoms with Crippen LogP contribution in [0.5, 0.6) is 0 Å². The fourth-order valence-corrected chi connectivity index (χ4v) is 0.911. The van der Waals surface area contributed by atoms with Gasteiger partial charge in [0.1, 0.15) is 6.23 Å². The van der Waals surface area contributed by atoms with Gasteiger partial charge in [-0.25, -0.2) is 0 Å². The van der Waals surface area contributed by atoms with Crippen molar-refractivity contribution >= 4 is 5.91 Å². The number of carbonyl (C=O) groups excluding carboxylic acids is 1. The molecular weight excluding hydrogens is 154 g/mol. The van der Waals surface area contributed by atoms with Crippen LogP contribution in [0.15, 0.2) is 0 Å². The summed E-state index contributed by atoms with van der Waals surface area (Å²) < 4.78 is 0. The van der Waals surface area contributed by atoms with Crippen LogP contribution >= 0.6 is 0 Å². The summed E-state index contributed by atoms with van der Waals surface area (Å²) in [5.41, 5.74) is 0. The number of carbonyl (C=O) groups is 1. The highest BCUT2D eigenvalue weighted by atomic mass is 16.3. The lowest BCUT2D eigenvalue weighted by atomic mass is 10.2. The molecule has 1 atom stereocenters. The summed E-state index contributed by atoms with van der Waals surface area (Å²) in [6.07, 6.45) is 3.01. The van der Waals surface area contributed by atoms with Gasteiger partial charge in [-0.1, -0.05) is 19.8 Å². The molecule has 1 N–H and O–H groups in total. The van der Waals surface area contributed by atoms with Gasteiger partial charge >= 0.3 is 0 Å². The SMILES string of the molecule is CCCCCC(=O)N(C)C(C)O. The van der Waals surface area contributed by atoms with E-state index in [1.807, 2.05) is 0 Å². The topological polar surface area (TPSA) is 40.5 Å². The molecule has 0 radical (unpaired) electrons. The van der Waals surface area contributed by atoms with Crippen LogP contribution in [0.4, 0.5) is 0 Å². The zero-order valence-corrected chi connectivity index (χ0v) is 8.21. The number of rotatable bonds is 5. The first-order valence-electron chi connectivity index (χ1n) is 4.53. The molecule has 12 heavy (non-hydrogen) atoms.